The molecule has 7 heteroatoms. The van der Waals surface area contributed by atoms with Gasteiger partial charge in [-0.05, 0) is 32.0 Å². The molecule has 2 aromatic rings. The maximum absolute atomic E-state index is 12.8. The van der Waals surface area contributed by atoms with Crippen LogP contribution in [0.3, 0.4) is 0 Å². The Morgan fingerprint density at radius 1 is 1.39 bits per heavy atom. The van der Waals surface area contributed by atoms with E-state index in [4.69, 9.17) is 4.74 Å². The minimum Gasteiger partial charge on any atom is -0.421 e. The topological polar surface area (TPSA) is 73.0 Å². The molecule has 1 aromatic heterocycles. The lowest BCUT2D eigenvalue weighted by atomic mass is 10.1. The molecule has 31 heavy (non-hydrogen) atoms. The van der Waals surface area contributed by atoms with Crippen LogP contribution in [0.25, 0.3) is 10.9 Å². The molecule has 1 aliphatic heterocycles. The van der Waals surface area contributed by atoms with E-state index in [2.05, 4.69) is 51.7 Å². The molecule has 1 amide bonds. The summed E-state index contributed by atoms with van der Waals surface area (Å²) in [6.07, 6.45) is 5.43. The highest BCUT2D eigenvalue weighted by Gasteiger charge is 2.25. The Balaban J connectivity index is 1.63. The van der Waals surface area contributed by atoms with Crippen LogP contribution in [0.15, 0.2) is 59.6 Å². The number of likely N-dealkylation sites (N-methyl/N-ethyl adjacent to an activating group) is 1. The van der Waals surface area contributed by atoms with Crippen molar-refractivity contribution in [2.45, 2.75) is 32.7 Å². The molecule has 0 aliphatic carbocycles. The van der Waals surface area contributed by atoms with Crippen LogP contribution >= 0.6 is 0 Å². The Bertz CT molecular complexity index is 991. The smallest absolute Gasteiger partial charge is 0.292 e. The lowest BCUT2D eigenvalue weighted by Gasteiger charge is -2.38. The molecule has 1 fully saturated rings. The van der Waals surface area contributed by atoms with Crippen LogP contribution in [0, 0.1) is 0 Å². The highest BCUT2D eigenvalue weighted by molar-refractivity contribution is 5.95. The fourth-order valence-electron chi connectivity index (χ4n) is 3.74. The molecule has 0 radical (unpaired) electrons. The SMILES string of the molecule is C=C(OC(=NC)N1CCN(C)C(C)C1)C(=O)N/C(=C/CC)Cc1c[nH]c2ccccc12. The minimum absolute atomic E-state index is 0.0353. The van der Waals surface area contributed by atoms with Gasteiger partial charge in [0, 0.05) is 61.9 Å². The number of aromatic nitrogens is 1. The van der Waals surface area contributed by atoms with E-state index in [1.165, 1.54) is 0 Å². The van der Waals surface area contributed by atoms with Crippen molar-refractivity contribution in [2.75, 3.05) is 33.7 Å². The molecule has 3 rings (SSSR count). The molecular formula is C24H33N5O2. The van der Waals surface area contributed by atoms with Crippen LogP contribution in [0.5, 0.6) is 0 Å². The van der Waals surface area contributed by atoms with E-state index in [1.54, 1.807) is 7.05 Å². The average Bonchev–Trinajstić information content (AvgIpc) is 3.17. The summed E-state index contributed by atoms with van der Waals surface area (Å²) in [5.41, 5.74) is 3.03. The number of H-pyrrole nitrogens is 1. The summed E-state index contributed by atoms with van der Waals surface area (Å²) in [4.78, 5) is 24.7. The Labute approximate surface area is 184 Å². The number of nitrogens with zero attached hydrogens (tertiary/aromatic N) is 3. The number of hydrogen-bond donors (Lipinski definition) is 2. The van der Waals surface area contributed by atoms with Crippen molar-refractivity contribution >= 4 is 22.8 Å². The average molecular weight is 424 g/mol. The van der Waals surface area contributed by atoms with Gasteiger partial charge in [-0.15, -0.1) is 0 Å². The van der Waals surface area contributed by atoms with E-state index in [-0.39, 0.29) is 11.7 Å². The summed E-state index contributed by atoms with van der Waals surface area (Å²) in [7, 11) is 3.77. The van der Waals surface area contributed by atoms with E-state index in [9.17, 15) is 4.79 Å². The van der Waals surface area contributed by atoms with Gasteiger partial charge in [0.25, 0.3) is 11.9 Å². The van der Waals surface area contributed by atoms with Crippen molar-refractivity contribution in [3.8, 4) is 0 Å². The first-order chi connectivity index (χ1) is 14.9. The van der Waals surface area contributed by atoms with Crippen LogP contribution in [0.1, 0.15) is 25.8 Å². The first kappa shape index (κ1) is 22.6. The van der Waals surface area contributed by atoms with E-state index in [0.29, 0.717) is 18.5 Å². The molecule has 0 spiro atoms. The number of amides is 1. The van der Waals surface area contributed by atoms with Crippen LogP contribution in [-0.4, -0.2) is 66.5 Å². The highest BCUT2D eigenvalue weighted by atomic mass is 16.5. The van der Waals surface area contributed by atoms with Crippen molar-refractivity contribution in [3.05, 3.63) is 60.1 Å². The zero-order valence-corrected chi connectivity index (χ0v) is 18.9. The lowest BCUT2D eigenvalue weighted by Crippen LogP contribution is -2.52. The predicted octanol–water partition coefficient (Wildman–Crippen LogP) is 3.27. The number of hydrogen-bond acceptors (Lipinski definition) is 4. The Morgan fingerprint density at radius 3 is 2.87 bits per heavy atom. The second-order valence-corrected chi connectivity index (χ2v) is 7.94. The fraction of sp³-hybridized carbons (Fsp3) is 0.417. The molecule has 2 heterocycles. The molecule has 1 atom stereocenters. The number of para-hydroxylation sites is 1. The van der Waals surface area contributed by atoms with E-state index < -0.39 is 0 Å². The van der Waals surface area contributed by atoms with Crippen LogP contribution < -0.4 is 5.32 Å². The number of carbonyl (C=O) groups excluding carboxylic acids is 1. The lowest BCUT2D eigenvalue weighted by molar-refractivity contribution is -0.119. The number of nitrogens with one attached hydrogen (secondary N) is 2. The van der Waals surface area contributed by atoms with Gasteiger partial charge in [-0.25, -0.2) is 4.99 Å². The van der Waals surface area contributed by atoms with Crippen LogP contribution in [-0.2, 0) is 16.0 Å². The summed E-state index contributed by atoms with van der Waals surface area (Å²) in [6, 6.07) is 8.95. The highest BCUT2D eigenvalue weighted by Crippen LogP contribution is 2.20. The zero-order valence-electron chi connectivity index (χ0n) is 18.9. The predicted molar refractivity (Wildman–Crippen MR) is 126 cm³/mol. The molecule has 0 saturated carbocycles. The van der Waals surface area contributed by atoms with Crippen LogP contribution in [0.4, 0.5) is 0 Å². The molecule has 166 valence electrons. The maximum atomic E-state index is 12.8. The van der Waals surface area contributed by atoms with Gasteiger partial charge < -0.3 is 24.8 Å². The molecule has 2 N–H and O–H groups in total. The van der Waals surface area contributed by atoms with Gasteiger partial charge in [-0.1, -0.05) is 37.8 Å². The summed E-state index contributed by atoms with van der Waals surface area (Å²) < 4.78 is 5.79. The van der Waals surface area contributed by atoms with Crippen molar-refractivity contribution < 1.29 is 9.53 Å². The van der Waals surface area contributed by atoms with Crippen molar-refractivity contribution in [2.24, 2.45) is 4.99 Å². The van der Waals surface area contributed by atoms with Gasteiger partial charge in [-0.3, -0.25) is 4.79 Å². The number of amidine groups is 1. The van der Waals surface area contributed by atoms with E-state index in [0.717, 1.165) is 48.2 Å². The number of fused-ring (bicyclic) bond motifs is 1. The summed E-state index contributed by atoms with van der Waals surface area (Å²) in [5.74, 6) is -0.323. The Kier molecular flexibility index (Phi) is 7.52. The maximum Gasteiger partial charge on any atom is 0.292 e. The number of carbonyl (C=O) groups is 1. The molecule has 1 saturated heterocycles. The zero-order chi connectivity index (χ0) is 22.4. The van der Waals surface area contributed by atoms with Crippen molar-refractivity contribution in [1.29, 1.82) is 0 Å². The number of ether oxygens (including phenoxy) is 1. The molecule has 7 nitrogen and oxygen atoms in total. The van der Waals surface area contributed by atoms with Gasteiger partial charge in [-0.2, -0.15) is 0 Å². The molecule has 1 aliphatic rings. The van der Waals surface area contributed by atoms with Gasteiger partial charge in [0.2, 0.25) is 0 Å². The van der Waals surface area contributed by atoms with Gasteiger partial charge in [0.1, 0.15) is 0 Å². The Morgan fingerprint density at radius 2 is 2.16 bits per heavy atom. The van der Waals surface area contributed by atoms with Gasteiger partial charge >= 0.3 is 0 Å². The number of rotatable bonds is 6. The first-order valence-electron chi connectivity index (χ1n) is 10.8. The van der Waals surface area contributed by atoms with Gasteiger partial charge in [0.15, 0.2) is 5.76 Å². The second kappa shape index (κ2) is 10.3. The third-order valence-electron chi connectivity index (χ3n) is 5.67. The van der Waals surface area contributed by atoms with Crippen LogP contribution in [0.2, 0.25) is 0 Å². The Hall–Kier alpha value is -3.06. The fourth-order valence-corrected chi connectivity index (χ4v) is 3.74. The third-order valence-corrected chi connectivity index (χ3v) is 5.67. The quantitative estimate of drug-likeness (QED) is 0.324. The summed E-state index contributed by atoms with van der Waals surface area (Å²) >= 11 is 0. The van der Waals surface area contributed by atoms with Crippen molar-refractivity contribution in [1.82, 2.24) is 20.1 Å². The first-order valence-corrected chi connectivity index (χ1v) is 10.8. The van der Waals surface area contributed by atoms with E-state index >= 15 is 0 Å². The third kappa shape index (κ3) is 5.55. The normalized spacial score (nSPS) is 18.3. The largest absolute Gasteiger partial charge is 0.421 e. The molecular weight excluding hydrogens is 390 g/mol. The number of piperazine rings is 1. The molecule has 0 bridgehead atoms. The number of benzene rings is 1. The number of aliphatic imine (C=N–C) groups is 1. The standard InChI is InChI=1S/C24H33N5O2/c1-6-9-20(14-19-15-26-22-11-8-7-10-21(19)22)27-23(30)18(3)31-24(25-4)29-13-12-28(5)17(2)16-29/h7-11,15,17,26H,3,6,12-14,16H2,1-2,4-5H3,(H,27,30)/b20-9+,25-24?. The van der Waals surface area contributed by atoms with Crippen molar-refractivity contribution in [3.63, 3.8) is 0 Å². The minimum atomic E-state index is -0.358. The molecule has 1 aromatic carbocycles. The monoisotopic (exact) mass is 423 g/mol. The summed E-state index contributed by atoms with van der Waals surface area (Å²) in [6.45, 7) is 10.6. The summed E-state index contributed by atoms with van der Waals surface area (Å²) in [5, 5.41) is 4.12. The van der Waals surface area contributed by atoms with Gasteiger partial charge in [0.05, 0.1) is 0 Å². The number of allylic oxidation sites excluding steroid dienone is 2. The number of aromatic amines is 1. The molecule has 1 unspecified atom stereocenters. The van der Waals surface area contributed by atoms with E-state index in [1.807, 2.05) is 37.4 Å². The second-order valence-electron chi connectivity index (χ2n) is 7.94.